The lowest BCUT2D eigenvalue weighted by Gasteiger charge is -2.09. The molecule has 1 unspecified atom stereocenters. The maximum atomic E-state index is 13.9. The van der Waals surface area contributed by atoms with Crippen LogP contribution in [0.5, 0.6) is 5.75 Å². The van der Waals surface area contributed by atoms with E-state index in [1.54, 1.807) is 6.07 Å². The lowest BCUT2D eigenvalue weighted by atomic mass is 9.97. The van der Waals surface area contributed by atoms with Gasteiger partial charge in [-0.25, -0.2) is 12.8 Å². The average Bonchev–Trinajstić information content (AvgIpc) is 2.68. The van der Waals surface area contributed by atoms with Gasteiger partial charge in [-0.1, -0.05) is 6.07 Å². The highest BCUT2D eigenvalue weighted by atomic mass is 32.2. The van der Waals surface area contributed by atoms with Gasteiger partial charge in [0.1, 0.15) is 0 Å². The van der Waals surface area contributed by atoms with Crippen molar-refractivity contribution >= 4 is 15.6 Å². The van der Waals surface area contributed by atoms with E-state index in [0.29, 0.717) is 6.42 Å². The van der Waals surface area contributed by atoms with Gasteiger partial charge in [0.2, 0.25) is 0 Å². The minimum Gasteiger partial charge on any atom is -0.494 e. The standard InChI is InChI=1S/C13H15FO4S/c1-18-12-4-2-3-10(13(12)14)11(15)7-9-5-6-19(16,17)8-9/h2-4,9H,5-8H2,1H3. The number of rotatable bonds is 4. The molecular formula is C13H15FO4S. The molecule has 1 aliphatic heterocycles. The van der Waals surface area contributed by atoms with Gasteiger partial charge >= 0.3 is 0 Å². The summed E-state index contributed by atoms with van der Waals surface area (Å²) in [5, 5.41) is 0. The first-order valence-corrected chi connectivity index (χ1v) is 7.81. The van der Waals surface area contributed by atoms with Crippen molar-refractivity contribution in [1.29, 1.82) is 0 Å². The maximum absolute atomic E-state index is 13.9. The van der Waals surface area contributed by atoms with Gasteiger partial charge < -0.3 is 4.74 Å². The zero-order valence-electron chi connectivity index (χ0n) is 10.6. The highest BCUT2D eigenvalue weighted by molar-refractivity contribution is 7.91. The zero-order chi connectivity index (χ0) is 14.0. The van der Waals surface area contributed by atoms with E-state index in [0.717, 1.165) is 0 Å². The van der Waals surface area contributed by atoms with E-state index in [1.165, 1.54) is 19.2 Å². The lowest BCUT2D eigenvalue weighted by molar-refractivity contribution is 0.0961. The first-order valence-electron chi connectivity index (χ1n) is 5.99. The number of ether oxygens (including phenoxy) is 1. The number of hydrogen-bond acceptors (Lipinski definition) is 4. The smallest absolute Gasteiger partial charge is 0.175 e. The molecule has 1 aromatic carbocycles. The topological polar surface area (TPSA) is 60.4 Å². The van der Waals surface area contributed by atoms with Crippen molar-refractivity contribution in [3.05, 3.63) is 29.6 Å². The number of Topliss-reactive ketones (excluding diaryl/α,β-unsaturated/α-hetero) is 1. The third-order valence-electron chi connectivity index (χ3n) is 3.28. The number of ketones is 1. The molecule has 0 saturated carbocycles. The van der Waals surface area contributed by atoms with E-state index in [-0.39, 0.29) is 40.9 Å². The largest absolute Gasteiger partial charge is 0.494 e. The molecule has 0 spiro atoms. The summed E-state index contributed by atoms with van der Waals surface area (Å²) in [6.07, 6.45) is 0.531. The number of hydrogen-bond donors (Lipinski definition) is 0. The molecule has 4 nitrogen and oxygen atoms in total. The monoisotopic (exact) mass is 286 g/mol. The van der Waals surface area contributed by atoms with Crippen molar-refractivity contribution < 1.29 is 22.3 Å². The summed E-state index contributed by atoms with van der Waals surface area (Å²) in [5.41, 5.74) is -0.0383. The molecule has 6 heteroatoms. The number of sulfone groups is 1. The van der Waals surface area contributed by atoms with Gasteiger partial charge in [0.15, 0.2) is 27.2 Å². The van der Waals surface area contributed by atoms with Gasteiger partial charge in [0.25, 0.3) is 0 Å². The quantitative estimate of drug-likeness (QED) is 0.792. The second kappa shape index (κ2) is 5.28. The van der Waals surface area contributed by atoms with Crippen LogP contribution in [0.25, 0.3) is 0 Å². The van der Waals surface area contributed by atoms with Gasteiger partial charge in [0.05, 0.1) is 24.2 Å². The van der Waals surface area contributed by atoms with E-state index in [4.69, 9.17) is 4.74 Å². The van der Waals surface area contributed by atoms with E-state index < -0.39 is 15.7 Å². The van der Waals surface area contributed by atoms with Gasteiger partial charge in [0, 0.05) is 6.42 Å². The van der Waals surface area contributed by atoms with Crippen LogP contribution >= 0.6 is 0 Å². The molecule has 19 heavy (non-hydrogen) atoms. The zero-order valence-corrected chi connectivity index (χ0v) is 11.4. The van der Waals surface area contributed by atoms with Crippen molar-refractivity contribution in [2.24, 2.45) is 5.92 Å². The summed E-state index contributed by atoms with van der Waals surface area (Å²) in [7, 11) is -1.69. The fourth-order valence-corrected chi connectivity index (χ4v) is 4.15. The molecule has 0 amide bonds. The third kappa shape index (κ3) is 3.12. The van der Waals surface area contributed by atoms with Crippen molar-refractivity contribution in [2.45, 2.75) is 12.8 Å². The molecule has 0 N–H and O–H groups in total. The fourth-order valence-electron chi connectivity index (χ4n) is 2.29. The number of carbonyl (C=O) groups is 1. The molecular weight excluding hydrogens is 271 g/mol. The first kappa shape index (κ1) is 14.0. The summed E-state index contributed by atoms with van der Waals surface area (Å²) >= 11 is 0. The summed E-state index contributed by atoms with van der Waals surface area (Å²) < 4.78 is 41.3. The third-order valence-corrected chi connectivity index (χ3v) is 5.12. The molecule has 0 aliphatic carbocycles. The fraction of sp³-hybridized carbons (Fsp3) is 0.462. The predicted molar refractivity (Wildman–Crippen MR) is 68.7 cm³/mol. The molecule has 1 atom stereocenters. The van der Waals surface area contributed by atoms with Crippen molar-refractivity contribution in [3.8, 4) is 5.75 Å². The van der Waals surface area contributed by atoms with Crippen LogP contribution in [-0.2, 0) is 9.84 Å². The summed E-state index contributed by atoms with van der Waals surface area (Å²) in [5.74, 6) is -1.11. The average molecular weight is 286 g/mol. The Morgan fingerprint density at radius 3 is 2.79 bits per heavy atom. The SMILES string of the molecule is COc1cccc(C(=O)CC2CCS(=O)(=O)C2)c1F. The molecule has 0 radical (unpaired) electrons. The van der Waals surface area contributed by atoms with Crippen LogP contribution < -0.4 is 4.74 Å². The van der Waals surface area contributed by atoms with Gasteiger partial charge in [-0.05, 0) is 24.5 Å². The minimum absolute atomic E-state index is 0.0182. The minimum atomic E-state index is -3.02. The highest BCUT2D eigenvalue weighted by Crippen LogP contribution is 2.26. The lowest BCUT2D eigenvalue weighted by Crippen LogP contribution is -2.12. The molecule has 1 aliphatic rings. The molecule has 1 heterocycles. The Kier molecular flexibility index (Phi) is 3.89. The Bertz CT molecular complexity index is 595. The molecule has 0 bridgehead atoms. The van der Waals surface area contributed by atoms with E-state index in [1.807, 2.05) is 0 Å². The maximum Gasteiger partial charge on any atom is 0.175 e. The normalized spacial score (nSPS) is 21.3. The predicted octanol–water partition coefficient (Wildman–Crippen LogP) is 1.84. The molecule has 1 fully saturated rings. The Morgan fingerprint density at radius 2 is 2.21 bits per heavy atom. The number of methoxy groups -OCH3 is 1. The Balaban J connectivity index is 2.13. The van der Waals surface area contributed by atoms with Crippen LogP contribution in [0, 0.1) is 11.7 Å². The van der Waals surface area contributed by atoms with Crippen LogP contribution in [0.4, 0.5) is 4.39 Å². The molecule has 2 rings (SSSR count). The Labute approximate surface area is 111 Å². The Hall–Kier alpha value is -1.43. The van der Waals surface area contributed by atoms with E-state index in [9.17, 15) is 17.6 Å². The number of halogens is 1. The van der Waals surface area contributed by atoms with Crippen LogP contribution in [0.3, 0.4) is 0 Å². The van der Waals surface area contributed by atoms with Gasteiger partial charge in [-0.3, -0.25) is 4.79 Å². The Morgan fingerprint density at radius 1 is 1.47 bits per heavy atom. The van der Waals surface area contributed by atoms with E-state index >= 15 is 0 Å². The van der Waals surface area contributed by atoms with Crippen molar-refractivity contribution in [1.82, 2.24) is 0 Å². The van der Waals surface area contributed by atoms with Gasteiger partial charge in [-0.15, -0.1) is 0 Å². The van der Waals surface area contributed by atoms with Crippen LogP contribution in [-0.4, -0.2) is 32.8 Å². The summed E-state index contributed by atoms with van der Waals surface area (Å²) in [6, 6.07) is 4.37. The summed E-state index contributed by atoms with van der Waals surface area (Å²) in [6.45, 7) is 0. The molecule has 0 aromatic heterocycles. The number of carbonyl (C=O) groups excluding carboxylic acids is 1. The van der Waals surface area contributed by atoms with Crippen molar-refractivity contribution in [3.63, 3.8) is 0 Å². The van der Waals surface area contributed by atoms with E-state index in [2.05, 4.69) is 0 Å². The highest BCUT2D eigenvalue weighted by Gasteiger charge is 2.30. The molecule has 1 aromatic rings. The van der Waals surface area contributed by atoms with Crippen LogP contribution in [0.2, 0.25) is 0 Å². The van der Waals surface area contributed by atoms with Crippen LogP contribution in [0.1, 0.15) is 23.2 Å². The molecule has 104 valence electrons. The summed E-state index contributed by atoms with van der Waals surface area (Å²) in [4.78, 5) is 12.0. The van der Waals surface area contributed by atoms with Crippen LogP contribution in [0.15, 0.2) is 18.2 Å². The van der Waals surface area contributed by atoms with Gasteiger partial charge in [-0.2, -0.15) is 0 Å². The van der Waals surface area contributed by atoms with Crippen molar-refractivity contribution in [2.75, 3.05) is 18.6 Å². The second-order valence-corrected chi connectivity index (χ2v) is 6.95. The number of benzene rings is 1. The first-order chi connectivity index (χ1) is 8.93. The second-order valence-electron chi connectivity index (χ2n) is 4.72. The molecule has 1 saturated heterocycles.